The van der Waals surface area contributed by atoms with Gasteiger partial charge in [0.2, 0.25) is 0 Å². The van der Waals surface area contributed by atoms with Crippen LogP contribution in [-0.4, -0.2) is 11.7 Å². The molecule has 0 spiro atoms. The monoisotopic (exact) mass is 211 g/mol. The molecule has 0 bridgehead atoms. The summed E-state index contributed by atoms with van der Waals surface area (Å²) in [5.74, 6) is -0.584. The summed E-state index contributed by atoms with van der Waals surface area (Å²) in [5, 5.41) is 7.94. The van der Waals surface area contributed by atoms with Crippen molar-refractivity contribution in [3.63, 3.8) is 0 Å². The summed E-state index contributed by atoms with van der Waals surface area (Å²) in [6.45, 7) is 0. The van der Waals surface area contributed by atoms with Crippen molar-refractivity contribution in [3.05, 3.63) is 35.1 Å². The lowest BCUT2D eigenvalue weighted by Crippen LogP contribution is -2.06. The van der Waals surface area contributed by atoms with Gasteiger partial charge in [-0.15, -0.1) is 11.6 Å². The van der Waals surface area contributed by atoms with Crippen LogP contribution in [0, 0.1) is 17.1 Å². The van der Waals surface area contributed by atoms with Gasteiger partial charge in [-0.25, -0.2) is 4.39 Å². The molecule has 2 nitrogen and oxygen atoms in total. The number of carbonyl (C=O) groups is 1. The summed E-state index contributed by atoms with van der Waals surface area (Å²) >= 11 is 5.58. The largest absolute Gasteiger partial charge is 0.302 e. The van der Waals surface area contributed by atoms with E-state index in [1.165, 1.54) is 12.1 Å². The van der Waals surface area contributed by atoms with Gasteiger partial charge < -0.3 is 4.79 Å². The van der Waals surface area contributed by atoms with Crippen LogP contribution in [0.4, 0.5) is 4.39 Å². The van der Waals surface area contributed by atoms with Gasteiger partial charge in [-0.05, 0) is 18.1 Å². The highest BCUT2D eigenvalue weighted by molar-refractivity contribution is 6.27. The zero-order valence-corrected chi connectivity index (χ0v) is 7.96. The van der Waals surface area contributed by atoms with Crippen LogP contribution in [0.2, 0.25) is 0 Å². The van der Waals surface area contributed by atoms with Gasteiger partial charge >= 0.3 is 0 Å². The van der Waals surface area contributed by atoms with Crippen molar-refractivity contribution in [2.45, 2.75) is 11.8 Å². The Bertz CT molecular complexity index is 386. The fourth-order valence-corrected chi connectivity index (χ4v) is 1.29. The summed E-state index contributed by atoms with van der Waals surface area (Å²) in [6.07, 6.45) is 0.735. The first-order chi connectivity index (χ1) is 6.69. The molecule has 14 heavy (non-hydrogen) atoms. The lowest BCUT2D eigenvalue weighted by molar-refractivity contribution is -0.107. The van der Waals surface area contributed by atoms with E-state index in [-0.39, 0.29) is 12.0 Å². The molecule has 0 saturated heterocycles. The number of alkyl halides is 1. The number of carbonyl (C=O) groups excluding carboxylic acids is 1. The number of hydrogen-bond donors (Lipinski definition) is 0. The molecule has 0 N–H and O–H groups in total. The number of benzene rings is 1. The molecule has 1 unspecified atom stereocenters. The first-order valence-electron chi connectivity index (χ1n) is 3.96. The van der Waals surface area contributed by atoms with Gasteiger partial charge in [-0.1, -0.05) is 12.1 Å². The summed E-state index contributed by atoms with van der Waals surface area (Å²) in [5.41, 5.74) is 0.416. The van der Waals surface area contributed by atoms with Crippen molar-refractivity contribution >= 4 is 17.9 Å². The van der Waals surface area contributed by atoms with Crippen molar-refractivity contribution < 1.29 is 9.18 Å². The molecule has 72 valence electrons. The highest BCUT2D eigenvalue weighted by Gasteiger charge is 2.11. The Kier molecular flexibility index (Phi) is 3.61. The van der Waals surface area contributed by atoms with Crippen LogP contribution in [0.3, 0.4) is 0 Å². The molecule has 1 aromatic rings. The Morgan fingerprint density at radius 3 is 2.93 bits per heavy atom. The highest BCUT2D eigenvalue weighted by atomic mass is 35.5. The number of aldehydes is 1. The standard InChI is InChI=1S/C10H7ClFNO/c11-8(6-14)4-7-2-1-3-10(12)9(7)5-13/h1-3,6,8H,4H2. The molecule has 1 aromatic carbocycles. The van der Waals surface area contributed by atoms with E-state index in [2.05, 4.69) is 0 Å². The minimum atomic E-state index is -0.719. The topological polar surface area (TPSA) is 40.9 Å². The minimum Gasteiger partial charge on any atom is -0.302 e. The number of hydrogen-bond acceptors (Lipinski definition) is 2. The van der Waals surface area contributed by atoms with E-state index in [1.807, 2.05) is 0 Å². The van der Waals surface area contributed by atoms with Crippen LogP contribution in [0.15, 0.2) is 18.2 Å². The zero-order valence-electron chi connectivity index (χ0n) is 7.21. The zero-order chi connectivity index (χ0) is 10.6. The molecule has 0 aliphatic heterocycles. The normalized spacial score (nSPS) is 11.8. The predicted molar refractivity (Wildman–Crippen MR) is 50.5 cm³/mol. The van der Waals surface area contributed by atoms with Gasteiger partial charge in [0, 0.05) is 0 Å². The lowest BCUT2D eigenvalue weighted by atomic mass is 10.0. The summed E-state index contributed by atoms with van der Waals surface area (Å²) in [6, 6.07) is 6.01. The number of nitrogens with zero attached hydrogens (tertiary/aromatic N) is 1. The van der Waals surface area contributed by atoms with E-state index in [4.69, 9.17) is 16.9 Å². The van der Waals surface area contributed by atoms with Gasteiger partial charge in [-0.3, -0.25) is 0 Å². The number of nitriles is 1. The van der Waals surface area contributed by atoms with Gasteiger partial charge in [0.15, 0.2) is 0 Å². The molecule has 0 saturated carbocycles. The van der Waals surface area contributed by atoms with E-state index in [0.717, 1.165) is 0 Å². The van der Waals surface area contributed by atoms with Crippen LogP contribution < -0.4 is 0 Å². The molecule has 0 amide bonds. The van der Waals surface area contributed by atoms with Gasteiger partial charge in [-0.2, -0.15) is 5.26 Å². The Hall–Kier alpha value is -1.40. The summed E-state index contributed by atoms with van der Waals surface area (Å²) in [4.78, 5) is 10.3. The quantitative estimate of drug-likeness (QED) is 0.567. The minimum absolute atomic E-state index is 0.0417. The molecule has 0 radical (unpaired) electrons. The Balaban J connectivity index is 3.03. The Labute approximate surface area is 85.9 Å². The molecular weight excluding hydrogens is 205 g/mol. The van der Waals surface area contributed by atoms with E-state index in [0.29, 0.717) is 11.8 Å². The fourth-order valence-electron chi connectivity index (χ4n) is 1.12. The average molecular weight is 212 g/mol. The average Bonchev–Trinajstić information content (AvgIpc) is 2.18. The van der Waals surface area contributed by atoms with Crippen LogP contribution >= 0.6 is 11.6 Å². The molecule has 0 aliphatic carbocycles. The lowest BCUT2D eigenvalue weighted by Gasteiger charge is -2.04. The molecule has 1 atom stereocenters. The maximum Gasteiger partial charge on any atom is 0.141 e. The molecule has 4 heteroatoms. The maximum absolute atomic E-state index is 13.1. The first kappa shape index (κ1) is 10.7. The molecule has 0 aliphatic rings. The second-order valence-corrected chi connectivity index (χ2v) is 3.30. The van der Waals surface area contributed by atoms with Crippen LogP contribution in [0.25, 0.3) is 0 Å². The van der Waals surface area contributed by atoms with E-state index < -0.39 is 11.2 Å². The molecular formula is C10H7ClFNO. The van der Waals surface area contributed by atoms with E-state index in [9.17, 15) is 9.18 Å². The SMILES string of the molecule is N#Cc1c(F)cccc1CC(Cl)C=O. The Morgan fingerprint density at radius 1 is 1.64 bits per heavy atom. The predicted octanol–water partition coefficient (Wildman–Crippen LogP) is 2.05. The van der Waals surface area contributed by atoms with Crippen LogP contribution in [-0.2, 0) is 11.2 Å². The van der Waals surface area contributed by atoms with Gasteiger partial charge in [0.05, 0.1) is 10.9 Å². The van der Waals surface area contributed by atoms with Crippen molar-refractivity contribution in [1.82, 2.24) is 0 Å². The van der Waals surface area contributed by atoms with Gasteiger partial charge in [0.1, 0.15) is 18.2 Å². The number of halogens is 2. The maximum atomic E-state index is 13.1. The molecule has 0 fully saturated rings. The molecule has 0 heterocycles. The van der Waals surface area contributed by atoms with Gasteiger partial charge in [0.25, 0.3) is 0 Å². The second kappa shape index (κ2) is 4.73. The first-order valence-corrected chi connectivity index (χ1v) is 4.39. The summed E-state index contributed by atoms with van der Waals surface area (Å²) < 4.78 is 13.1. The van der Waals surface area contributed by atoms with Crippen LogP contribution in [0.5, 0.6) is 0 Å². The third kappa shape index (κ3) is 2.30. The van der Waals surface area contributed by atoms with E-state index in [1.54, 1.807) is 12.1 Å². The number of rotatable bonds is 3. The van der Waals surface area contributed by atoms with Crippen molar-refractivity contribution in [3.8, 4) is 6.07 Å². The summed E-state index contributed by atoms with van der Waals surface area (Å²) in [7, 11) is 0. The van der Waals surface area contributed by atoms with Crippen molar-refractivity contribution in [1.29, 1.82) is 5.26 Å². The third-order valence-electron chi connectivity index (χ3n) is 1.77. The molecule has 1 rings (SSSR count). The third-order valence-corrected chi connectivity index (χ3v) is 2.03. The fraction of sp³-hybridized carbons (Fsp3) is 0.200. The molecule has 0 aromatic heterocycles. The van der Waals surface area contributed by atoms with Crippen molar-refractivity contribution in [2.75, 3.05) is 0 Å². The van der Waals surface area contributed by atoms with Crippen molar-refractivity contribution in [2.24, 2.45) is 0 Å². The Morgan fingerprint density at radius 2 is 2.36 bits per heavy atom. The smallest absolute Gasteiger partial charge is 0.141 e. The van der Waals surface area contributed by atoms with Crippen LogP contribution in [0.1, 0.15) is 11.1 Å². The van der Waals surface area contributed by atoms with E-state index >= 15 is 0 Å². The highest BCUT2D eigenvalue weighted by Crippen LogP contribution is 2.15. The second-order valence-electron chi connectivity index (χ2n) is 2.74.